The number of aryl methyl sites for hydroxylation is 2. The summed E-state index contributed by atoms with van der Waals surface area (Å²) < 4.78 is 0. The van der Waals surface area contributed by atoms with Crippen molar-refractivity contribution in [2.75, 3.05) is 13.6 Å². The van der Waals surface area contributed by atoms with Crippen molar-refractivity contribution in [3.63, 3.8) is 0 Å². The van der Waals surface area contributed by atoms with Gasteiger partial charge < -0.3 is 10.6 Å². The first kappa shape index (κ1) is 19.0. The molecule has 0 aliphatic heterocycles. The number of rotatable bonds is 3. The maximum Gasteiger partial charge on any atom is 0.236 e. The molecule has 0 radical (unpaired) electrons. The summed E-state index contributed by atoms with van der Waals surface area (Å²) in [4.78, 5) is 18.6. The number of aromatic nitrogens is 1. The smallest absolute Gasteiger partial charge is 0.236 e. The first-order valence-electron chi connectivity index (χ1n) is 4.87. The van der Waals surface area contributed by atoms with Crippen molar-refractivity contribution in [3.8, 4) is 0 Å². The molecule has 0 fully saturated rings. The van der Waals surface area contributed by atoms with Gasteiger partial charge >= 0.3 is 0 Å². The molecule has 1 atom stereocenters. The highest BCUT2D eigenvalue weighted by Gasteiger charge is 2.20. The molecule has 1 unspecified atom stereocenters. The number of hydrogen-bond donors (Lipinski definition) is 1. The van der Waals surface area contributed by atoms with Crippen LogP contribution in [0.4, 0.5) is 0 Å². The van der Waals surface area contributed by atoms with E-state index in [1.807, 2.05) is 20.8 Å². The molecular weight excluding hydrogens is 281 g/mol. The number of thiazole rings is 1. The minimum atomic E-state index is -0.0482. The van der Waals surface area contributed by atoms with Gasteiger partial charge in [0, 0.05) is 11.9 Å². The van der Waals surface area contributed by atoms with Crippen LogP contribution in [0.1, 0.15) is 28.5 Å². The third kappa shape index (κ3) is 4.43. The van der Waals surface area contributed by atoms with Crippen molar-refractivity contribution < 1.29 is 4.79 Å². The van der Waals surface area contributed by atoms with Gasteiger partial charge in [-0.05, 0) is 20.8 Å². The molecule has 100 valence electrons. The van der Waals surface area contributed by atoms with Crippen molar-refractivity contribution in [2.45, 2.75) is 26.8 Å². The minimum Gasteiger partial charge on any atom is -0.337 e. The molecule has 17 heavy (non-hydrogen) atoms. The van der Waals surface area contributed by atoms with Crippen LogP contribution in [0.3, 0.4) is 0 Å². The number of nitrogens with two attached hydrogens (primary N) is 1. The summed E-state index contributed by atoms with van der Waals surface area (Å²) in [5.74, 6) is -0.0482. The number of halogens is 2. The van der Waals surface area contributed by atoms with Crippen LogP contribution in [0.2, 0.25) is 0 Å². The van der Waals surface area contributed by atoms with Gasteiger partial charge in [0.2, 0.25) is 5.91 Å². The summed E-state index contributed by atoms with van der Waals surface area (Å²) in [5, 5.41) is 1.03. The van der Waals surface area contributed by atoms with Crippen LogP contribution in [-0.4, -0.2) is 29.4 Å². The van der Waals surface area contributed by atoms with E-state index in [4.69, 9.17) is 5.73 Å². The molecule has 0 bridgehead atoms. The van der Waals surface area contributed by atoms with Crippen LogP contribution >= 0.6 is 36.2 Å². The second-order valence-electron chi connectivity index (χ2n) is 3.57. The van der Waals surface area contributed by atoms with Crippen LogP contribution in [0.5, 0.6) is 0 Å². The molecule has 0 saturated carbocycles. The molecule has 4 nitrogen and oxygen atoms in total. The molecule has 0 aromatic carbocycles. The summed E-state index contributed by atoms with van der Waals surface area (Å²) in [6, 6.07) is 0.0484. The predicted molar refractivity (Wildman–Crippen MR) is 76.3 cm³/mol. The quantitative estimate of drug-likeness (QED) is 0.930. The van der Waals surface area contributed by atoms with E-state index < -0.39 is 0 Å². The molecule has 0 aliphatic carbocycles. The Bertz CT molecular complexity index is 370. The van der Waals surface area contributed by atoms with Crippen LogP contribution < -0.4 is 5.73 Å². The van der Waals surface area contributed by atoms with Gasteiger partial charge in [0.1, 0.15) is 0 Å². The van der Waals surface area contributed by atoms with Crippen molar-refractivity contribution in [1.29, 1.82) is 0 Å². The summed E-state index contributed by atoms with van der Waals surface area (Å²) in [7, 11) is 1.77. The Balaban J connectivity index is 0. The van der Waals surface area contributed by atoms with E-state index in [9.17, 15) is 4.79 Å². The lowest BCUT2D eigenvalue weighted by Gasteiger charge is -2.23. The van der Waals surface area contributed by atoms with E-state index in [0.717, 1.165) is 15.6 Å². The van der Waals surface area contributed by atoms with Gasteiger partial charge in [0.25, 0.3) is 0 Å². The molecule has 0 saturated heterocycles. The van der Waals surface area contributed by atoms with Gasteiger partial charge in [0.15, 0.2) is 0 Å². The Kier molecular flexibility index (Phi) is 8.79. The molecular formula is C10H19Cl2N3OS. The standard InChI is InChI=1S/C10H17N3OS.2ClH/c1-6-10(15-8(3)12-6)7(2)13(4)9(14)5-11;;/h7H,5,11H2,1-4H3;2*1H. The fraction of sp³-hybridized carbons (Fsp3) is 0.600. The van der Waals surface area contributed by atoms with Crippen LogP contribution in [0.15, 0.2) is 0 Å². The summed E-state index contributed by atoms with van der Waals surface area (Å²) >= 11 is 1.63. The molecule has 1 aromatic heterocycles. The number of likely N-dealkylation sites (N-methyl/N-ethyl adjacent to an activating group) is 1. The zero-order chi connectivity index (χ0) is 11.6. The molecule has 1 heterocycles. The van der Waals surface area contributed by atoms with E-state index in [-0.39, 0.29) is 43.3 Å². The fourth-order valence-electron chi connectivity index (χ4n) is 1.47. The van der Waals surface area contributed by atoms with Crippen LogP contribution in [0, 0.1) is 13.8 Å². The highest BCUT2D eigenvalue weighted by Crippen LogP contribution is 2.27. The third-order valence-corrected chi connectivity index (χ3v) is 3.71. The number of carbonyl (C=O) groups is 1. The fourth-order valence-corrected chi connectivity index (χ4v) is 2.49. The second kappa shape index (κ2) is 7.87. The zero-order valence-electron chi connectivity index (χ0n) is 10.4. The third-order valence-electron chi connectivity index (χ3n) is 2.47. The van der Waals surface area contributed by atoms with Gasteiger partial charge in [-0.15, -0.1) is 36.2 Å². The first-order chi connectivity index (χ1) is 6.97. The molecule has 1 rings (SSSR count). The van der Waals surface area contributed by atoms with Crippen LogP contribution in [0.25, 0.3) is 0 Å². The lowest BCUT2D eigenvalue weighted by Crippen LogP contribution is -2.34. The normalized spacial score (nSPS) is 11.1. The summed E-state index contributed by atoms with van der Waals surface area (Å²) in [5.41, 5.74) is 6.33. The molecule has 2 N–H and O–H groups in total. The van der Waals surface area contributed by atoms with E-state index in [2.05, 4.69) is 4.98 Å². The van der Waals surface area contributed by atoms with Crippen molar-refractivity contribution >= 4 is 42.1 Å². The van der Waals surface area contributed by atoms with Gasteiger partial charge in [-0.2, -0.15) is 0 Å². The number of amides is 1. The Morgan fingerprint density at radius 3 is 2.35 bits per heavy atom. The van der Waals surface area contributed by atoms with E-state index in [0.29, 0.717) is 0 Å². The number of nitrogens with zero attached hydrogens (tertiary/aromatic N) is 2. The Labute approximate surface area is 118 Å². The van der Waals surface area contributed by atoms with Crippen LogP contribution in [-0.2, 0) is 4.79 Å². The molecule has 7 heteroatoms. The zero-order valence-corrected chi connectivity index (χ0v) is 12.8. The SMILES string of the molecule is Cc1nc(C)c(C(C)N(C)C(=O)CN)s1.Cl.Cl. The van der Waals surface area contributed by atoms with Crippen molar-refractivity contribution in [1.82, 2.24) is 9.88 Å². The Morgan fingerprint density at radius 2 is 2.00 bits per heavy atom. The topological polar surface area (TPSA) is 59.2 Å². The van der Waals surface area contributed by atoms with E-state index in [1.165, 1.54) is 0 Å². The largest absolute Gasteiger partial charge is 0.337 e. The lowest BCUT2D eigenvalue weighted by atomic mass is 10.2. The monoisotopic (exact) mass is 299 g/mol. The van der Waals surface area contributed by atoms with Crippen molar-refractivity contribution in [3.05, 3.63) is 15.6 Å². The lowest BCUT2D eigenvalue weighted by molar-refractivity contribution is -0.130. The van der Waals surface area contributed by atoms with Crippen molar-refractivity contribution in [2.24, 2.45) is 5.73 Å². The maximum absolute atomic E-state index is 11.4. The number of hydrogen-bond acceptors (Lipinski definition) is 4. The summed E-state index contributed by atoms with van der Waals surface area (Å²) in [6.07, 6.45) is 0. The van der Waals surface area contributed by atoms with Gasteiger partial charge in [-0.1, -0.05) is 0 Å². The van der Waals surface area contributed by atoms with E-state index in [1.54, 1.807) is 23.3 Å². The molecule has 0 aliphatic rings. The number of carbonyl (C=O) groups excluding carboxylic acids is 1. The average Bonchev–Trinajstić information content (AvgIpc) is 2.54. The average molecular weight is 300 g/mol. The molecule has 1 amide bonds. The minimum absolute atomic E-state index is 0. The molecule has 1 aromatic rings. The van der Waals surface area contributed by atoms with E-state index >= 15 is 0 Å². The summed E-state index contributed by atoms with van der Waals surface area (Å²) in [6.45, 7) is 5.99. The molecule has 0 spiro atoms. The highest BCUT2D eigenvalue weighted by atomic mass is 35.5. The van der Waals surface area contributed by atoms with Gasteiger partial charge in [0.05, 0.1) is 23.3 Å². The first-order valence-corrected chi connectivity index (χ1v) is 5.68. The predicted octanol–water partition coefficient (Wildman–Crippen LogP) is 2.08. The van der Waals surface area contributed by atoms with Gasteiger partial charge in [-0.25, -0.2) is 4.98 Å². The second-order valence-corrected chi connectivity index (χ2v) is 4.80. The van der Waals surface area contributed by atoms with Gasteiger partial charge in [-0.3, -0.25) is 4.79 Å². The Hall–Kier alpha value is -0.360. The highest BCUT2D eigenvalue weighted by molar-refractivity contribution is 7.11. The maximum atomic E-state index is 11.4. The Morgan fingerprint density at radius 1 is 1.47 bits per heavy atom.